The Morgan fingerprint density at radius 1 is 1.50 bits per heavy atom. The summed E-state index contributed by atoms with van der Waals surface area (Å²) in [6, 6.07) is 7.61. The Kier molecular flexibility index (Phi) is 4.35. The van der Waals surface area contributed by atoms with E-state index in [1.54, 1.807) is 11.8 Å². The maximum atomic E-state index is 8.88. The molecular weight excluding hydrogens is 250 g/mol. The average Bonchev–Trinajstić information content (AvgIpc) is 2.84. The van der Waals surface area contributed by atoms with Crippen molar-refractivity contribution in [2.24, 2.45) is 5.73 Å². The van der Waals surface area contributed by atoms with Crippen LogP contribution in [0, 0.1) is 6.92 Å². The molecule has 3 N–H and O–H groups in total. The molecule has 96 valence electrons. The zero-order chi connectivity index (χ0) is 13.0. The Balaban J connectivity index is 1.96. The summed E-state index contributed by atoms with van der Waals surface area (Å²) >= 11 is 1.63. The number of aromatic nitrogens is 2. The zero-order valence-electron chi connectivity index (χ0n) is 10.0. The van der Waals surface area contributed by atoms with Crippen molar-refractivity contribution in [3.63, 3.8) is 0 Å². The van der Waals surface area contributed by atoms with Gasteiger partial charge in [-0.25, -0.2) is 0 Å². The van der Waals surface area contributed by atoms with E-state index in [2.05, 4.69) is 29.2 Å². The first-order valence-electron chi connectivity index (χ1n) is 5.57. The molecule has 0 unspecified atom stereocenters. The molecule has 2 rings (SSSR count). The van der Waals surface area contributed by atoms with Crippen molar-refractivity contribution >= 4 is 11.8 Å². The van der Waals surface area contributed by atoms with Crippen molar-refractivity contribution in [3.05, 3.63) is 41.5 Å². The first kappa shape index (κ1) is 13.1. The summed E-state index contributed by atoms with van der Waals surface area (Å²) in [6.07, 6.45) is 0. The van der Waals surface area contributed by atoms with E-state index in [-0.39, 0.29) is 12.5 Å². The van der Waals surface area contributed by atoms with Crippen molar-refractivity contribution in [2.45, 2.75) is 23.6 Å². The molecule has 0 aliphatic heterocycles. The van der Waals surface area contributed by atoms with Gasteiger partial charge in [-0.3, -0.25) is 0 Å². The van der Waals surface area contributed by atoms with Crippen molar-refractivity contribution in [3.8, 4) is 0 Å². The maximum absolute atomic E-state index is 8.88. The van der Waals surface area contributed by atoms with Crippen LogP contribution in [0.3, 0.4) is 0 Å². The molecule has 0 amide bonds. The molecule has 18 heavy (non-hydrogen) atoms. The second-order valence-corrected chi connectivity index (χ2v) is 4.99. The van der Waals surface area contributed by atoms with E-state index < -0.39 is 6.04 Å². The standard InChI is InChI=1S/C12H15N3O2S/c1-8-3-2-4-9(5-8)18-7-11-14-12(17-15-11)10(13)6-16/h2-5,10,16H,6-7,13H2,1H3/t10-/m1/s1. The molecule has 5 nitrogen and oxygen atoms in total. The summed E-state index contributed by atoms with van der Waals surface area (Å²) in [5.41, 5.74) is 6.80. The van der Waals surface area contributed by atoms with E-state index in [0.717, 1.165) is 4.90 Å². The lowest BCUT2D eigenvalue weighted by Gasteiger charge is -2.00. The maximum Gasteiger partial charge on any atom is 0.245 e. The average molecular weight is 265 g/mol. The number of nitrogens with two attached hydrogens (primary N) is 1. The highest BCUT2D eigenvalue weighted by Crippen LogP contribution is 2.22. The number of hydrogen-bond acceptors (Lipinski definition) is 6. The fraction of sp³-hybridized carbons (Fsp3) is 0.333. The van der Waals surface area contributed by atoms with Crippen molar-refractivity contribution in [1.29, 1.82) is 0 Å². The van der Waals surface area contributed by atoms with Crippen LogP contribution in [0.5, 0.6) is 0 Å². The van der Waals surface area contributed by atoms with Crippen LogP contribution < -0.4 is 5.73 Å². The van der Waals surface area contributed by atoms with Gasteiger partial charge in [-0.2, -0.15) is 4.98 Å². The fourth-order valence-electron chi connectivity index (χ4n) is 1.41. The molecule has 1 atom stereocenters. The second-order valence-electron chi connectivity index (χ2n) is 3.94. The predicted octanol–water partition coefficient (Wildman–Crippen LogP) is 1.66. The highest BCUT2D eigenvalue weighted by Gasteiger charge is 2.13. The molecule has 0 radical (unpaired) electrons. The van der Waals surface area contributed by atoms with Gasteiger partial charge >= 0.3 is 0 Å². The summed E-state index contributed by atoms with van der Waals surface area (Å²) in [6.45, 7) is 1.85. The van der Waals surface area contributed by atoms with Gasteiger partial charge in [0.2, 0.25) is 5.89 Å². The minimum atomic E-state index is -0.602. The smallest absolute Gasteiger partial charge is 0.245 e. The Morgan fingerprint density at radius 2 is 2.33 bits per heavy atom. The molecule has 2 aromatic rings. The molecule has 1 heterocycles. The van der Waals surface area contributed by atoms with Gasteiger partial charge in [0, 0.05) is 4.90 Å². The quantitative estimate of drug-likeness (QED) is 0.800. The number of thioether (sulfide) groups is 1. The van der Waals surface area contributed by atoms with Crippen LogP contribution in [0.1, 0.15) is 23.3 Å². The molecule has 0 fully saturated rings. The van der Waals surface area contributed by atoms with Crippen LogP contribution in [0.15, 0.2) is 33.7 Å². The Bertz CT molecular complexity index is 516. The lowest BCUT2D eigenvalue weighted by atomic mass is 10.2. The lowest BCUT2D eigenvalue weighted by molar-refractivity contribution is 0.236. The molecule has 1 aromatic carbocycles. The summed E-state index contributed by atoms with van der Waals surface area (Å²) in [7, 11) is 0. The molecule has 0 aliphatic carbocycles. The van der Waals surface area contributed by atoms with Gasteiger partial charge in [-0.15, -0.1) is 11.8 Å². The number of aliphatic hydroxyl groups excluding tert-OH is 1. The summed E-state index contributed by atoms with van der Waals surface area (Å²) in [5.74, 6) is 1.48. The van der Waals surface area contributed by atoms with E-state index >= 15 is 0 Å². The number of nitrogens with zero attached hydrogens (tertiary/aromatic N) is 2. The number of hydrogen-bond donors (Lipinski definition) is 2. The van der Waals surface area contributed by atoms with Crippen molar-refractivity contribution in [1.82, 2.24) is 10.1 Å². The zero-order valence-corrected chi connectivity index (χ0v) is 10.9. The third-order valence-electron chi connectivity index (χ3n) is 2.36. The van der Waals surface area contributed by atoms with E-state index in [4.69, 9.17) is 15.4 Å². The number of aliphatic hydroxyl groups is 1. The van der Waals surface area contributed by atoms with E-state index in [9.17, 15) is 0 Å². The van der Waals surface area contributed by atoms with Gasteiger partial charge < -0.3 is 15.4 Å². The minimum absolute atomic E-state index is 0.202. The van der Waals surface area contributed by atoms with E-state index in [1.807, 2.05) is 12.1 Å². The summed E-state index contributed by atoms with van der Waals surface area (Å²) in [5, 5.41) is 12.7. The molecule has 0 aliphatic rings. The first-order chi connectivity index (χ1) is 8.69. The van der Waals surface area contributed by atoms with Gasteiger partial charge in [0.15, 0.2) is 5.82 Å². The van der Waals surface area contributed by atoms with Crippen LogP contribution in [-0.2, 0) is 5.75 Å². The highest BCUT2D eigenvalue weighted by molar-refractivity contribution is 7.98. The SMILES string of the molecule is Cc1cccc(SCc2noc([C@H](N)CO)n2)c1. The fourth-order valence-corrected chi connectivity index (χ4v) is 2.26. The normalized spacial score (nSPS) is 12.6. The van der Waals surface area contributed by atoms with Gasteiger partial charge in [0.1, 0.15) is 6.04 Å². The minimum Gasteiger partial charge on any atom is -0.394 e. The van der Waals surface area contributed by atoms with Crippen LogP contribution in [0.25, 0.3) is 0 Å². The summed E-state index contributed by atoms with van der Waals surface area (Å²) in [4.78, 5) is 5.29. The molecule has 0 bridgehead atoms. The van der Waals surface area contributed by atoms with E-state index in [0.29, 0.717) is 11.6 Å². The Labute approximate surface area is 109 Å². The van der Waals surface area contributed by atoms with Gasteiger partial charge in [0.05, 0.1) is 12.4 Å². The molecule has 0 spiro atoms. The predicted molar refractivity (Wildman–Crippen MR) is 69.1 cm³/mol. The van der Waals surface area contributed by atoms with Crippen molar-refractivity contribution in [2.75, 3.05) is 6.61 Å². The lowest BCUT2D eigenvalue weighted by Crippen LogP contribution is -2.14. The van der Waals surface area contributed by atoms with Crippen LogP contribution >= 0.6 is 11.8 Å². The molecule has 1 aromatic heterocycles. The Hall–Kier alpha value is -1.37. The third kappa shape index (κ3) is 3.32. The molecule has 6 heteroatoms. The van der Waals surface area contributed by atoms with Gasteiger partial charge in [-0.05, 0) is 19.1 Å². The van der Waals surface area contributed by atoms with E-state index in [1.165, 1.54) is 5.56 Å². The number of aryl methyl sites for hydroxylation is 1. The number of benzene rings is 1. The van der Waals surface area contributed by atoms with Gasteiger partial charge in [0.25, 0.3) is 0 Å². The molecule has 0 saturated heterocycles. The third-order valence-corrected chi connectivity index (χ3v) is 3.34. The highest BCUT2D eigenvalue weighted by atomic mass is 32.2. The monoisotopic (exact) mass is 265 g/mol. The first-order valence-corrected chi connectivity index (χ1v) is 6.56. The summed E-state index contributed by atoms with van der Waals surface area (Å²) < 4.78 is 4.97. The van der Waals surface area contributed by atoms with Crippen LogP contribution in [0.4, 0.5) is 0 Å². The molecule has 0 saturated carbocycles. The largest absolute Gasteiger partial charge is 0.394 e. The van der Waals surface area contributed by atoms with Crippen LogP contribution in [-0.4, -0.2) is 21.9 Å². The molecular formula is C12H15N3O2S. The second kappa shape index (κ2) is 5.99. The topological polar surface area (TPSA) is 85.2 Å². The van der Waals surface area contributed by atoms with Gasteiger partial charge in [-0.1, -0.05) is 22.9 Å². The Morgan fingerprint density at radius 3 is 3.06 bits per heavy atom. The number of rotatable bonds is 5. The van der Waals surface area contributed by atoms with Crippen molar-refractivity contribution < 1.29 is 9.63 Å². The van der Waals surface area contributed by atoms with Crippen LogP contribution in [0.2, 0.25) is 0 Å².